The highest BCUT2D eigenvalue weighted by atomic mass is 16.4. The molecule has 2 atom stereocenters. The van der Waals surface area contributed by atoms with Crippen LogP contribution in [0.15, 0.2) is 47.5 Å². The van der Waals surface area contributed by atoms with E-state index in [1.54, 1.807) is 46.1 Å². The minimum atomic E-state index is -0.833. The number of hydrogen-bond donors (Lipinski definition) is 5. The van der Waals surface area contributed by atoms with E-state index in [-0.39, 0.29) is 48.1 Å². The Hall–Kier alpha value is -5.01. The lowest BCUT2D eigenvalue weighted by Gasteiger charge is -2.25. The molecule has 254 valence electrons. The van der Waals surface area contributed by atoms with Crippen molar-refractivity contribution >= 4 is 40.6 Å². The van der Waals surface area contributed by atoms with Gasteiger partial charge >= 0.3 is 5.69 Å². The zero-order valence-electron chi connectivity index (χ0n) is 27.2. The first-order valence-corrected chi connectivity index (χ1v) is 15.9. The first-order valence-electron chi connectivity index (χ1n) is 15.9. The fraction of sp³-hybridized carbons (Fsp3) is 0.485. The Morgan fingerprint density at radius 2 is 1.72 bits per heavy atom. The molecule has 14 nitrogen and oxygen atoms in total. The first-order chi connectivity index (χ1) is 22.5. The van der Waals surface area contributed by atoms with E-state index in [1.165, 1.54) is 0 Å². The van der Waals surface area contributed by atoms with Gasteiger partial charge in [-0.25, -0.2) is 4.79 Å². The van der Waals surface area contributed by atoms with E-state index in [9.17, 15) is 24.0 Å². The first kappa shape index (κ1) is 36.5. The van der Waals surface area contributed by atoms with Crippen molar-refractivity contribution in [1.29, 1.82) is 0 Å². The summed E-state index contributed by atoms with van der Waals surface area (Å²) in [4.78, 5) is 82.3. The Kier molecular flexibility index (Phi) is 14.1. The van der Waals surface area contributed by atoms with Crippen LogP contribution in [0.4, 0.5) is 0 Å². The number of pyridine rings is 1. The topological polar surface area (TPSA) is 196 Å². The standard InChI is InChI=1S/C31H41N7O5.C2H4O2/c1-3-21(2)28-30(42)34-14-7-17-38-25-19-23(10-11-24(25)35-31(38)43)29(41)33-13-6-16-37(15-5-9-26(39)36-28)27(40)18-22-8-4-12-32-20-22;1-2(3)4/h4,8,10-12,19-21,28H,3,5-7,9,13-18H2,1-2H3,(H,33,41)(H,34,42)(H,35,43)(H,36,39);1H3,(H,3,4)/t21-,28?;/m0./s1. The van der Waals surface area contributed by atoms with Gasteiger partial charge < -0.3 is 30.9 Å². The molecule has 5 N–H and O–H groups in total. The number of aryl methyl sites for hydroxylation is 1. The lowest BCUT2D eigenvalue weighted by molar-refractivity contribution is -0.134. The number of aliphatic carboxylic acids is 1. The third-order valence-corrected chi connectivity index (χ3v) is 7.86. The second kappa shape index (κ2) is 18.2. The number of aromatic nitrogens is 3. The quantitative estimate of drug-likeness (QED) is 0.282. The average Bonchev–Trinajstić information content (AvgIpc) is 3.35. The summed E-state index contributed by atoms with van der Waals surface area (Å²) in [6, 6.07) is 7.98. The second-order valence-corrected chi connectivity index (χ2v) is 11.5. The van der Waals surface area contributed by atoms with Crippen molar-refractivity contribution in [3.8, 4) is 0 Å². The number of nitrogens with zero attached hydrogens (tertiary/aromatic N) is 3. The van der Waals surface area contributed by atoms with E-state index in [1.807, 2.05) is 19.9 Å². The van der Waals surface area contributed by atoms with Crippen LogP contribution in [0.25, 0.3) is 11.0 Å². The van der Waals surface area contributed by atoms with Crippen LogP contribution in [0.1, 0.15) is 68.8 Å². The molecule has 1 aliphatic heterocycles. The summed E-state index contributed by atoms with van der Waals surface area (Å²) in [5, 5.41) is 16.1. The van der Waals surface area contributed by atoms with Crippen molar-refractivity contribution in [3.63, 3.8) is 0 Å². The SMILES string of the molecule is CC(=O)O.CC[C@H](C)C1NC(=O)CCCN(C(=O)Cc2cccnc2)CCCNC(=O)c2ccc3[nH]c(=O)n(c3c2)CCCNC1=O. The maximum absolute atomic E-state index is 13.2. The number of amides is 4. The molecule has 2 aromatic heterocycles. The Labute approximate surface area is 273 Å². The second-order valence-electron chi connectivity index (χ2n) is 11.5. The Morgan fingerprint density at radius 1 is 1.02 bits per heavy atom. The van der Waals surface area contributed by atoms with E-state index in [0.29, 0.717) is 75.0 Å². The van der Waals surface area contributed by atoms with Gasteiger partial charge in [-0.2, -0.15) is 0 Å². The smallest absolute Gasteiger partial charge is 0.326 e. The molecule has 1 aromatic carbocycles. The highest BCUT2D eigenvalue weighted by Crippen LogP contribution is 2.14. The summed E-state index contributed by atoms with van der Waals surface area (Å²) in [5.41, 5.74) is 2.14. The summed E-state index contributed by atoms with van der Waals surface area (Å²) >= 11 is 0. The Balaban J connectivity index is 0.00000142. The fourth-order valence-electron chi connectivity index (χ4n) is 5.18. The molecule has 4 rings (SSSR count). The molecule has 47 heavy (non-hydrogen) atoms. The lowest BCUT2D eigenvalue weighted by atomic mass is 9.98. The highest BCUT2D eigenvalue weighted by Gasteiger charge is 2.26. The number of H-pyrrole nitrogens is 1. The Bertz CT molecular complexity index is 1580. The molecule has 0 fully saturated rings. The van der Waals surface area contributed by atoms with Gasteiger partial charge in [0.1, 0.15) is 6.04 Å². The van der Waals surface area contributed by atoms with Gasteiger partial charge in [0, 0.05) is 64.0 Å². The zero-order chi connectivity index (χ0) is 34.3. The largest absolute Gasteiger partial charge is 0.481 e. The Morgan fingerprint density at radius 3 is 2.43 bits per heavy atom. The molecule has 3 heterocycles. The van der Waals surface area contributed by atoms with Gasteiger partial charge in [-0.1, -0.05) is 26.3 Å². The van der Waals surface area contributed by atoms with Gasteiger partial charge in [-0.15, -0.1) is 0 Å². The molecule has 0 aliphatic carbocycles. The summed E-state index contributed by atoms with van der Waals surface area (Å²) in [6.07, 6.45) is 5.78. The van der Waals surface area contributed by atoms with Crippen molar-refractivity contribution in [2.75, 3.05) is 26.2 Å². The molecular weight excluding hydrogens is 606 g/mol. The molecule has 4 amide bonds. The van der Waals surface area contributed by atoms with Crippen LogP contribution in [0, 0.1) is 5.92 Å². The molecule has 0 spiro atoms. The zero-order valence-corrected chi connectivity index (χ0v) is 27.2. The van der Waals surface area contributed by atoms with Gasteiger partial charge in [-0.3, -0.25) is 33.5 Å². The van der Waals surface area contributed by atoms with Crippen LogP contribution in [0.3, 0.4) is 0 Å². The van der Waals surface area contributed by atoms with Gasteiger partial charge in [0.2, 0.25) is 17.7 Å². The molecule has 0 saturated heterocycles. The predicted molar refractivity (Wildman–Crippen MR) is 176 cm³/mol. The number of imidazole rings is 1. The highest BCUT2D eigenvalue weighted by molar-refractivity contribution is 5.97. The van der Waals surface area contributed by atoms with E-state index in [0.717, 1.165) is 12.5 Å². The van der Waals surface area contributed by atoms with Gasteiger partial charge in [-0.05, 0) is 55.0 Å². The van der Waals surface area contributed by atoms with E-state index in [2.05, 4.69) is 25.9 Å². The number of hydrogen-bond acceptors (Lipinski definition) is 7. The number of benzene rings is 1. The van der Waals surface area contributed by atoms with E-state index in [4.69, 9.17) is 9.90 Å². The number of rotatable bonds is 4. The molecule has 0 saturated carbocycles. The van der Waals surface area contributed by atoms with Crippen molar-refractivity contribution in [1.82, 2.24) is 35.4 Å². The summed E-state index contributed by atoms with van der Waals surface area (Å²) in [6.45, 7) is 6.73. The van der Waals surface area contributed by atoms with Crippen LogP contribution >= 0.6 is 0 Å². The number of carbonyl (C=O) groups is 5. The van der Waals surface area contributed by atoms with Crippen molar-refractivity contribution < 1.29 is 29.1 Å². The molecular formula is C33H45N7O7. The van der Waals surface area contributed by atoms with Crippen LogP contribution < -0.4 is 21.6 Å². The van der Waals surface area contributed by atoms with Crippen LogP contribution in [0.5, 0.6) is 0 Å². The van der Waals surface area contributed by atoms with E-state index >= 15 is 0 Å². The average molecular weight is 652 g/mol. The minimum Gasteiger partial charge on any atom is -0.481 e. The third kappa shape index (κ3) is 11.4. The number of aromatic amines is 1. The van der Waals surface area contributed by atoms with Gasteiger partial charge in [0.15, 0.2) is 0 Å². The number of fused-ring (bicyclic) bond motifs is 1. The fourth-order valence-corrected chi connectivity index (χ4v) is 5.18. The molecule has 1 aliphatic rings. The summed E-state index contributed by atoms with van der Waals surface area (Å²) < 4.78 is 1.56. The molecule has 2 bridgehead atoms. The third-order valence-electron chi connectivity index (χ3n) is 7.86. The van der Waals surface area contributed by atoms with Gasteiger partial charge in [0.25, 0.3) is 11.9 Å². The number of nitrogens with one attached hydrogen (secondary N) is 4. The normalized spacial score (nSPS) is 17.7. The molecule has 1 unspecified atom stereocenters. The molecule has 3 aromatic rings. The van der Waals surface area contributed by atoms with Gasteiger partial charge in [0.05, 0.1) is 17.5 Å². The number of carbonyl (C=O) groups excluding carboxylic acids is 4. The molecule has 14 heteroatoms. The van der Waals surface area contributed by atoms with Crippen LogP contribution in [-0.4, -0.2) is 86.4 Å². The molecule has 0 radical (unpaired) electrons. The number of carboxylic acid groups (broad SMARTS) is 1. The van der Waals surface area contributed by atoms with Crippen molar-refractivity contribution in [2.24, 2.45) is 5.92 Å². The van der Waals surface area contributed by atoms with Crippen LogP contribution in [0.2, 0.25) is 0 Å². The maximum atomic E-state index is 13.2. The van der Waals surface area contributed by atoms with Crippen molar-refractivity contribution in [3.05, 3.63) is 64.3 Å². The van der Waals surface area contributed by atoms with Crippen LogP contribution in [-0.2, 0) is 32.1 Å². The monoisotopic (exact) mass is 651 g/mol. The van der Waals surface area contributed by atoms with Crippen molar-refractivity contribution in [2.45, 2.75) is 71.9 Å². The number of carboxylic acids is 1. The minimum absolute atomic E-state index is 0.0807. The summed E-state index contributed by atoms with van der Waals surface area (Å²) in [5.74, 6) is -1.80. The van der Waals surface area contributed by atoms with E-state index < -0.39 is 12.0 Å². The predicted octanol–water partition coefficient (Wildman–Crippen LogP) is 1.84. The maximum Gasteiger partial charge on any atom is 0.326 e. The summed E-state index contributed by atoms with van der Waals surface area (Å²) in [7, 11) is 0. The lowest BCUT2D eigenvalue weighted by Crippen LogP contribution is -2.50.